The molecule has 2 fully saturated rings. The standard InChI is InChI=1S/C15H28ClNO/c1-15(2)8-7-14(18-15)11-17-10-13-6-4-3-5-12(13)9-16/h12-14,17H,3-11H2,1-2H3. The zero-order valence-electron chi connectivity index (χ0n) is 11.9. The van der Waals surface area contributed by atoms with Gasteiger partial charge in [0.25, 0.3) is 0 Å². The number of alkyl halides is 1. The van der Waals surface area contributed by atoms with Crippen molar-refractivity contribution in [3.63, 3.8) is 0 Å². The number of hydrogen-bond donors (Lipinski definition) is 1. The maximum atomic E-state index is 6.07. The molecular formula is C15H28ClNO. The van der Waals surface area contributed by atoms with Crippen LogP contribution in [0.1, 0.15) is 52.4 Å². The number of halogens is 1. The van der Waals surface area contributed by atoms with E-state index in [1.54, 1.807) is 0 Å². The molecule has 2 rings (SSSR count). The van der Waals surface area contributed by atoms with Crippen LogP contribution in [0.5, 0.6) is 0 Å². The van der Waals surface area contributed by atoms with Gasteiger partial charge in [-0.2, -0.15) is 0 Å². The van der Waals surface area contributed by atoms with E-state index >= 15 is 0 Å². The summed E-state index contributed by atoms with van der Waals surface area (Å²) in [6, 6.07) is 0. The van der Waals surface area contributed by atoms with E-state index in [0.29, 0.717) is 6.10 Å². The molecular weight excluding hydrogens is 246 g/mol. The van der Waals surface area contributed by atoms with Crippen LogP contribution >= 0.6 is 11.6 Å². The molecule has 1 saturated carbocycles. The van der Waals surface area contributed by atoms with Crippen LogP contribution in [-0.2, 0) is 4.74 Å². The highest BCUT2D eigenvalue weighted by atomic mass is 35.5. The van der Waals surface area contributed by atoms with Gasteiger partial charge < -0.3 is 10.1 Å². The van der Waals surface area contributed by atoms with E-state index in [-0.39, 0.29) is 5.60 Å². The Morgan fingerprint density at radius 1 is 1.11 bits per heavy atom. The third-order valence-corrected chi connectivity index (χ3v) is 4.99. The lowest BCUT2D eigenvalue weighted by Gasteiger charge is -2.30. The first-order chi connectivity index (χ1) is 8.61. The lowest BCUT2D eigenvalue weighted by Crippen LogP contribution is -2.36. The fourth-order valence-corrected chi connectivity index (χ4v) is 3.81. The Morgan fingerprint density at radius 3 is 2.44 bits per heavy atom. The molecule has 0 amide bonds. The predicted octanol–water partition coefficient (Wildman–Crippen LogP) is 3.58. The fourth-order valence-electron chi connectivity index (χ4n) is 3.41. The number of rotatable bonds is 5. The summed E-state index contributed by atoms with van der Waals surface area (Å²) in [7, 11) is 0. The Bertz CT molecular complexity index is 257. The summed E-state index contributed by atoms with van der Waals surface area (Å²) in [5.41, 5.74) is 0.0931. The maximum Gasteiger partial charge on any atom is 0.0707 e. The van der Waals surface area contributed by atoms with Crippen molar-refractivity contribution in [3.8, 4) is 0 Å². The van der Waals surface area contributed by atoms with Crippen LogP contribution in [0.15, 0.2) is 0 Å². The fraction of sp³-hybridized carbons (Fsp3) is 1.00. The molecule has 1 aliphatic heterocycles. The Morgan fingerprint density at radius 2 is 1.83 bits per heavy atom. The van der Waals surface area contributed by atoms with E-state index < -0.39 is 0 Å². The number of hydrogen-bond acceptors (Lipinski definition) is 2. The molecule has 0 radical (unpaired) electrons. The second kappa shape index (κ2) is 6.58. The summed E-state index contributed by atoms with van der Waals surface area (Å²) < 4.78 is 6.00. The van der Waals surface area contributed by atoms with E-state index in [4.69, 9.17) is 16.3 Å². The summed E-state index contributed by atoms with van der Waals surface area (Å²) in [6.45, 7) is 6.52. The molecule has 106 valence electrons. The molecule has 0 aromatic heterocycles. The van der Waals surface area contributed by atoms with Crippen molar-refractivity contribution in [2.75, 3.05) is 19.0 Å². The van der Waals surface area contributed by atoms with Crippen LogP contribution in [0, 0.1) is 11.8 Å². The largest absolute Gasteiger partial charge is 0.371 e. The minimum Gasteiger partial charge on any atom is -0.371 e. The van der Waals surface area contributed by atoms with Crippen molar-refractivity contribution >= 4 is 11.6 Å². The molecule has 3 heteroatoms. The van der Waals surface area contributed by atoms with Crippen LogP contribution in [0.2, 0.25) is 0 Å². The van der Waals surface area contributed by atoms with Crippen LogP contribution < -0.4 is 5.32 Å². The highest BCUT2D eigenvalue weighted by Crippen LogP contribution is 2.31. The third kappa shape index (κ3) is 4.11. The van der Waals surface area contributed by atoms with Crippen molar-refractivity contribution in [1.29, 1.82) is 0 Å². The second-order valence-electron chi connectivity index (χ2n) is 6.66. The monoisotopic (exact) mass is 273 g/mol. The van der Waals surface area contributed by atoms with Crippen molar-refractivity contribution in [2.45, 2.75) is 64.1 Å². The van der Waals surface area contributed by atoms with Gasteiger partial charge in [0.05, 0.1) is 11.7 Å². The normalized spacial score (nSPS) is 35.8. The number of ether oxygens (including phenoxy) is 1. The summed E-state index contributed by atoms with van der Waals surface area (Å²) in [5, 5.41) is 3.62. The smallest absolute Gasteiger partial charge is 0.0707 e. The molecule has 2 aliphatic rings. The molecule has 1 aliphatic carbocycles. The zero-order valence-corrected chi connectivity index (χ0v) is 12.6. The maximum absolute atomic E-state index is 6.07. The molecule has 1 N–H and O–H groups in total. The molecule has 3 atom stereocenters. The highest BCUT2D eigenvalue weighted by Gasteiger charge is 2.31. The van der Waals surface area contributed by atoms with E-state index in [1.165, 1.54) is 38.5 Å². The molecule has 0 aromatic rings. The Labute approximate surface area is 117 Å². The Hall–Kier alpha value is 0.210. The van der Waals surface area contributed by atoms with Crippen molar-refractivity contribution in [1.82, 2.24) is 5.32 Å². The van der Waals surface area contributed by atoms with E-state index in [1.807, 2.05) is 0 Å². The topological polar surface area (TPSA) is 21.3 Å². The average Bonchev–Trinajstić information content (AvgIpc) is 2.69. The van der Waals surface area contributed by atoms with E-state index in [2.05, 4.69) is 19.2 Å². The van der Waals surface area contributed by atoms with Gasteiger partial charge in [0, 0.05) is 12.4 Å². The van der Waals surface area contributed by atoms with Crippen molar-refractivity contribution < 1.29 is 4.74 Å². The molecule has 1 heterocycles. The third-order valence-electron chi connectivity index (χ3n) is 4.60. The minimum atomic E-state index is 0.0931. The Kier molecular flexibility index (Phi) is 5.35. The molecule has 0 aromatic carbocycles. The van der Waals surface area contributed by atoms with Gasteiger partial charge in [-0.3, -0.25) is 0 Å². The molecule has 18 heavy (non-hydrogen) atoms. The van der Waals surface area contributed by atoms with Gasteiger partial charge in [0.1, 0.15) is 0 Å². The van der Waals surface area contributed by atoms with Gasteiger partial charge in [-0.15, -0.1) is 11.6 Å². The average molecular weight is 274 g/mol. The van der Waals surface area contributed by atoms with E-state index in [9.17, 15) is 0 Å². The second-order valence-corrected chi connectivity index (χ2v) is 6.96. The lowest BCUT2D eigenvalue weighted by atomic mass is 9.80. The predicted molar refractivity (Wildman–Crippen MR) is 77.2 cm³/mol. The van der Waals surface area contributed by atoms with Gasteiger partial charge in [-0.25, -0.2) is 0 Å². The van der Waals surface area contributed by atoms with Crippen LogP contribution in [-0.4, -0.2) is 30.7 Å². The summed E-state index contributed by atoms with van der Waals surface area (Å²) >= 11 is 6.07. The number of nitrogens with one attached hydrogen (secondary N) is 1. The first-order valence-electron chi connectivity index (χ1n) is 7.55. The Balaban J connectivity index is 1.65. The van der Waals surface area contributed by atoms with Gasteiger partial charge >= 0.3 is 0 Å². The summed E-state index contributed by atoms with van der Waals surface area (Å²) in [4.78, 5) is 0. The quantitative estimate of drug-likeness (QED) is 0.773. The van der Waals surface area contributed by atoms with Gasteiger partial charge in [-0.05, 0) is 57.9 Å². The molecule has 1 saturated heterocycles. The summed E-state index contributed by atoms with van der Waals surface area (Å²) in [6.07, 6.45) is 8.22. The summed E-state index contributed by atoms with van der Waals surface area (Å²) in [5.74, 6) is 2.35. The minimum absolute atomic E-state index is 0.0931. The molecule has 3 unspecified atom stereocenters. The van der Waals surface area contributed by atoms with Gasteiger partial charge in [0.2, 0.25) is 0 Å². The van der Waals surface area contributed by atoms with Crippen molar-refractivity contribution in [3.05, 3.63) is 0 Å². The van der Waals surface area contributed by atoms with Gasteiger partial charge in [-0.1, -0.05) is 12.8 Å². The van der Waals surface area contributed by atoms with Crippen LogP contribution in [0.25, 0.3) is 0 Å². The highest BCUT2D eigenvalue weighted by molar-refractivity contribution is 6.18. The van der Waals surface area contributed by atoms with Crippen LogP contribution in [0.4, 0.5) is 0 Å². The lowest BCUT2D eigenvalue weighted by molar-refractivity contribution is -0.0147. The first-order valence-corrected chi connectivity index (χ1v) is 8.09. The molecule has 2 nitrogen and oxygen atoms in total. The van der Waals surface area contributed by atoms with E-state index in [0.717, 1.165) is 30.8 Å². The zero-order chi connectivity index (χ0) is 13.0. The molecule has 0 bridgehead atoms. The van der Waals surface area contributed by atoms with Gasteiger partial charge in [0.15, 0.2) is 0 Å². The van der Waals surface area contributed by atoms with Crippen LogP contribution in [0.3, 0.4) is 0 Å². The molecule has 0 spiro atoms. The SMILES string of the molecule is CC1(C)CCC(CNCC2CCCCC2CCl)O1. The van der Waals surface area contributed by atoms with Crippen molar-refractivity contribution in [2.24, 2.45) is 11.8 Å². The first kappa shape index (κ1) is 14.6.